The number of benzene rings is 1. The lowest BCUT2D eigenvalue weighted by Gasteiger charge is -2.10. The Labute approximate surface area is 122 Å². The number of pyridine rings is 1. The van der Waals surface area contributed by atoms with Crippen LogP contribution in [-0.2, 0) is 0 Å². The summed E-state index contributed by atoms with van der Waals surface area (Å²) in [4.78, 5) is 11.8. The molecule has 0 radical (unpaired) electrons. The molecule has 0 spiro atoms. The SMILES string of the molecule is COc1cccc(-c2nc3cnccc3[nH]2)c1OC.Cl. The number of hydrogen-bond donors (Lipinski definition) is 1. The number of ether oxygens (including phenoxy) is 2. The van der Waals surface area contributed by atoms with Crippen LogP contribution in [0.5, 0.6) is 11.5 Å². The molecular formula is C14H14ClN3O2. The summed E-state index contributed by atoms with van der Waals surface area (Å²) in [5, 5.41) is 0. The van der Waals surface area contributed by atoms with Crippen molar-refractivity contribution in [1.29, 1.82) is 0 Å². The van der Waals surface area contributed by atoms with E-state index in [1.165, 1.54) is 0 Å². The molecule has 0 amide bonds. The Balaban J connectivity index is 0.00000147. The second-order valence-corrected chi connectivity index (χ2v) is 4.02. The van der Waals surface area contributed by atoms with Gasteiger partial charge in [-0.2, -0.15) is 0 Å². The molecule has 2 heterocycles. The summed E-state index contributed by atoms with van der Waals surface area (Å²) in [5.41, 5.74) is 2.62. The van der Waals surface area contributed by atoms with Crippen LogP contribution in [0.25, 0.3) is 22.4 Å². The molecule has 0 atom stereocenters. The highest BCUT2D eigenvalue weighted by Crippen LogP contribution is 2.36. The summed E-state index contributed by atoms with van der Waals surface area (Å²) in [6.45, 7) is 0. The maximum atomic E-state index is 5.42. The maximum Gasteiger partial charge on any atom is 0.171 e. The Morgan fingerprint density at radius 1 is 1.10 bits per heavy atom. The number of para-hydroxylation sites is 1. The normalized spacial score (nSPS) is 10.1. The number of rotatable bonds is 3. The highest BCUT2D eigenvalue weighted by Gasteiger charge is 2.14. The lowest BCUT2D eigenvalue weighted by Crippen LogP contribution is -1.93. The van der Waals surface area contributed by atoms with Gasteiger partial charge in [-0.3, -0.25) is 4.98 Å². The summed E-state index contributed by atoms with van der Waals surface area (Å²) >= 11 is 0. The van der Waals surface area contributed by atoms with E-state index < -0.39 is 0 Å². The largest absolute Gasteiger partial charge is 0.493 e. The first-order valence-electron chi connectivity index (χ1n) is 5.84. The zero-order valence-electron chi connectivity index (χ0n) is 11.1. The topological polar surface area (TPSA) is 60.0 Å². The number of methoxy groups -OCH3 is 2. The van der Waals surface area contributed by atoms with Gasteiger partial charge in [0.1, 0.15) is 11.3 Å². The van der Waals surface area contributed by atoms with Crippen molar-refractivity contribution in [2.24, 2.45) is 0 Å². The van der Waals surface area contributed by atoms with Crippen molar-refractivity contribution in [2.75, 3.05) is 14.2 Å². The van der Waals surface area contributed by atoms with Crippen LogP contribution in [0.1, 0.15) is 0 Å². The van der Waals surface area contributed by atoms with Gasteiger partial charge in [0.05, 0.1) is 31.5 Å². The average Bonchev–Trinajstić information content (AvgIpc) is 2.89. The van der Waals surface area contributed by atoms with E-state index in [0.717, 1.165) is 22.4 Å². The van der Waals surface area contributed by atoms with E-state index in [1.807, 2.05) is 24.3 Å². The van der Waals surface area contributed by atoms with Crippen molar-refractivity contribution in [1.82, 2.24) is 15.0 Å². The van der Waals surface area contributed by atoms with Crippen molar-refractivity contribution in [3.63, 3.8) is 0 Å². The Hall–Kier alpha value is -2.27. The van der Waals surface area contributed by atoms with Crippen LogP contribution < -0.4 is 9.47 Å². The monoisotopic (exact) mass is 291 g/mol. The first-order valence-corrected chi connectivity index (χ1v) is 5.84. The molecule has 0 fully saturated rings. The quantitative estimate of drug-likeness (QED) is 0.805. The van der Waals surface area contributed by atoms with Crippen molar-refractivity contribution in [2.45, 2.75) is 0 Å². The van der Waals surface area contributed by atoms with Crippen LogP contribution in [0.15, 0.2) is 36.7 Å². The minimum Gasteiger partial charge on any atom is -0.493 e. The number of hydrogen-bond acceptors (Lipinski definition) is 4. The number of nitrogens with one attached hydrogen (secondary N) is 1. The third-order valence-electron chi connectivity index (χ3n) is 2.94. The van der Waals surface area contributed by atoms with Gasteiger partial charge in [-0.05, 0) is 18.2 Å². The van der Waals surface area contributed by atoms with Crippen molar-refractivity contribution in [3.8, 4) is 22.9 Å². The molecule has 0 unspecified atom stereocenters. The van der Waals surface area contributed by atoms with Crippen LogP contribution in [0.2, 0.25) is 0 Å². The van der Waals surface area contributed by atoms with Gasteiger partial charge in [0, 0.05) is 6.20 Å². The number of nitrogens with zero attached hydrogens (tertiary/aromatic N) is 2. The predicted octanol–water partition coefficient (Wildman–Crippen LogP) is 3.06. The minimum atomic E-state index is 0. The van der Waals surface area contributed by atoms with E-state index in [9.17, 15) is 0 Å². The lowest BCUT2D eigenvalue weighted by molar-refractivity contribution is 0.356. The molecule has 104 valence electrons. The average molecular weight is 292 g/mol. The highest BCUT2D eigenvalue weighted by atomic mass is 35.5. The Morgan fingerprint density at radius 2 is 1.95 bits per heavy atom. The zero-order chi connectivity index (χ0) is 13.2. The van der Waals surface area contributed by atoms with Gasteiger partial charge in [-0.25, -0.2) is 4.98 Å². The van der Waals surface area contributed by atoms with Gasteiger partial charge in [0.15, 0.2) is 11.5 Å². The number of halogens is 1. The van der Waals surface area contributed by atoms with Crippen LogP contribution >= 0.6 is 12.4 Å². The summed E-state index contributed by atoms with van der Waals surface area (Å²) in [6, 6.07) is 7.58. The molecule has 2 aromatic heterocycles. The van der Waals surface area contributed by atoms with Crippen LogP contribution in [-0.4, -0.2) is 29.2 Å². The maximum absolute atomic E-state index is 5.42. The van der Waals surface area contributed by atoms with Crippen LogP contribution in [0.3, 0.4) is 0 Å². The van der Waals surface area contributed by atoms with E-state index >= 15 is 0 Å². The third kappa shape index (κ3) is 2.28. The predicted molar refractivity (Wildman–Crippen MR) is 79.7 cm³/mol. The summed E-state index contributed by atoms with van der Waals surface area (Å²) < 4.78 is 10.7. The fourth-order valence-electron chi connectivity index (χ4n) is 2.06. The van der Waals surface area contributed by atoms with Gasteiger partial charge in [-0.1, -0.05) is 6.07 Å². The van der Waals surface area contributed by atoms with Crippen molar-refractivity contribution < 1.29 is 9.47 Å². The first-order chi connectivity index (χ1) is 9.33. The fourth-order valence-corrected chi connectivity index (χ4v) is 2.06. The lowest BCUT2D eigenvalue weighted by atomic mass is 10.1. The molecule has 0 aliphatic rings. The third-order valence-corrected chi connectivity index (χ3v) is 2.94. The molecule has 1 N–H and O–H groups in total. The van der Waals surface area contributed by atoms with Crippen molar-refractivity contribution in [3.05, 3.63) is 36.7 Å². The molecule has 6 heteroatoms. The number of imidazole rings is 1. The number of aromatic nitrogens is 3. The molecule has 0 saturated carbocycles. The number of aromatic amines is 1. The number of H-pyrrole nitrogens is 1. The second kappa shape index (κ2) is 5.79. The van der Waals surface area contributed by atoms with Gasteiger partial charge < -0.3 is 14.5 Å². The molecule has 0 saturated heterocycles. The molecule has 1 aromatic carbocycles. The Kier molecular flexibility index (Phi) is 4.10. The van der Waals surface area contributed by atoms with Crippen LogP contribution in [0, 0.1) is 0 Å². The molecule has 3 aromatic rings. The van der Waals surface area contributed by atoms with E-state index in [2.05, 4.69) is 15.0 Å². The van der Waals surface area contributed by atoms with Gasteiger partial charge in [0.25, 0.3) is 0 Å². The second-order valence-electron chi connectivity index (χ2n) is 4.02. The van der Waals surface area contributed by atoms with Gasteiger partial charge in [0.2, 0.25) is 0 Å². The Bertz CT molecular complexity index is 694. The zero-order valence-corrected chi connectivity index (χ0v) is 11.9. The van der Waals surface area contributed by atoms with Crippen LogP contribution in [0.4, 0.5) is 0 Å². The van der Waals surface area contributed by atoms with E-state index in [-0.39, 0.29) is 12.4 Å². The molecule has 20 heavy (non-hydrogen) atoms. The highest BCUT2D eigenvalue weighted by molar-refractivity contribution is 5.85. The standard InChI is InChI=1S/C14H13N3O2.ClH/c1-18-12-5-3-4-9(13(12)19-2)14-16-10-6-7-15-8-11(10)17-14;/h3-8H,1-2H3,(H,16,17);1H. The fraction of sp³-hybridized carbons (Fsp3) is 0.143. The molecule has 0 bridgehead atoms. The van der Waals surface area contributed by atoms with E-state index in [1.54, 1.807) is 26.6 Å². The minimum absolute atomic E-state index is 0. The smallest absolute Gasteiger partial charge is 0.171 e. The molecule has 3 rings (SSSR count). The van der Waals surface area contributed by atoms with Gasteiger partial charge >= 0.3 is 0 Å². The molecule has 0 aliphatic carbocycles. The summed E-state index contributed by atoms with van der Waals surface area (Å²) in [7, 11) is 3.23. The molecular weight excluding hydrogens is 278 g/mol. The van der Waals surface area contributed by atoms with E-state index in [0.29, 0.717) is 11.5 Å². The summed E-state index contributed by atoms with van der Waals surface area (Å²) in [6.07, 6.45) is 3.45. The van der Waals surface area contributed by atoms with Crippen molar-refractivity contribution >= 4 is 23.4 Å². The molecule has 0 aliphatic heterocycles. The molecule has 5 nitrogen and oxygen atoms in total. The Morgan fingerprint density at radius 3 is 2.65 bits per heavy atom. The van der Waals surface area contributed by atoms with Gasteiger partial charge in [-0.15, -0.1) is 12.4 Å². The number of fused-ring (bicyclic) bond motifs is 1. The summed E-state index contributed by atoms with van der Waals surface area (Å²) in [5.74, 6) is 2.08. The van der Waals surface area contributed by atoms with E-state index in [4.69, 9.17) is 9.47 Å². The first kappa shape index (κ1) is 14.1.